The van der Waals surface area contributed by atoms with Crippen molar-refractivity contribution in [1.29, 1.82) is 0 Å². The van der Waals surface area contributed by atoms with Gasteiger partial charge in [0, 0.05) is 19.1 Å². The predicted octanol–water partition coefficient (Wildman–Crippen LogP) is 1.19. The fourth-order valence-corrected chi connectivity index (χ4v) is 0.953. The molecule has 1 heterocycles. The second-order valence-corrected chi connectivity index (χ2v) is 2.14. The highest BCUT2D eigenvalue weighted by Crippen LogP contribution is 2.07. The lowest BCUT2D eigenvalue weighted by atomic mass is 10.3. The Morgan fingerprint density at radius 2 is 2.10 bits per heavy atom. The summed E-state index contributed by atoms with van der Waals surface area (Å²) in [5, 5.41) is 3.86. The summed E-state index contributed by atoms with van der Waals surface area (Å²) in [6, 6.07) is 0.375. The van der Waals surface area contributed by atoms with Crippen molar-refractivity contribution in [3.63, 3.8) is 0 Å². The fourth-order valence-electron chi connectivity index (χ4n) is 0.953. The van der Waals surface area contributed by atoms with E-state index < -0.39 is 0 Å². The molecule has 0 amide bonds. The Morgan fingerprint density at radius 1 is 1.50 bits per heavy atom. The summed E-state index contributed by atoms with van der Waals surface area (Å²) >= 11 is 0. The lowest BCUT2D eigenvalue weighted by Crippen LogP contribution is -2.26. The molecule has 0 bridgehead atoms. The average molecular weight is 148 g/mol. The molecule has 1 unspecified atom stereocenters. The van der Waals surface area contributed by atoms with E-state index in [1.165, 1.54) is 0 Å². The molecule has 1 aliphatic rings. The van der Waals surface area contributed by atoms with Gasteiger partial charge in [-0.25, -0.2) is 0 Å². The van der Waals surface area contributed by atoms with E-state index in [1.54, 1.807) is 0 Å². The van der Waals surface area contributed by atoms with Crippen molar-refractivity contribution >= 4 is 0 Å². The van der Waals surface area contributed by atoms with Crippen LogP contribution in [0.5, 0.6) is 0 Å². The maximum absolute atomic E-state index is 12.2. The summed E-state index contributed by atoms with van der Waals surface area (Å²) in [4.78, 5) is 0. The van der Waals surface area contributed by atoms with Gasteiger partial charge < -0.3 is 5.32 Å². The summed E-state index contributed by atoms with van der Waals surface area (Å²) in [6.07, 6.45) is 0.938. The minimum Gasteiger partial charge on any atom is -0.316 e. The molecule has 0 aromatic rings. The van der Waals surface area contributed by atoms with Crippen LogP contribution in [0.3, 0.4) is 0 Å². The third-order valence-corrected chi connectivity index (χ3v) is 1.55. The zero-order chi connectivity index (χ0) is 7.98. The van der Waals surface area contributed by atoms with Crippen molar-refractivity contribution < 1.29 is 4.48 Å². The normalized spacial score (nSPS) is 25.8. The van der Waals surface area contributed by atoms with Crippen LogP contribution in [0.4, 0.5) is 4.48 Å². The SMILES string of the molecule is CC.CNC1CCN(F)C1. The highest BCUT2D eigenvalue weighted by atomic mass is 19.2. The van der Waals surface area contributed by atoms with E-state index in [0.29, 0.717) is 19.1 Å². The van der Waals surface area contributed by atoms with Gasteiger partial charge in [-0.1, -0.05) is 13.8 Å². The van der Waals surface area contributed by atoms with E-state index in [-0.39, 0.29) is 0 Å². The van der Waals surface area contributed by atoms with Gasteiger partial charge in [0.05, 0.1) is 0 Å². The minimum absolute atomic E-state index is 0.375. The summed E-state index contributed by atoms with van der Waals surface area (Å²) in [6.45, 7) is 5.14. The van der Waals surface area contributed by atoms with Gasteiger partial charge in [0.1, 0.15) is 0 Å². The molecule has 1 atom stereocenters. The molecule has 1 aliphatic heterocycles. The van der Waals surface area contributed by atoms with Gasteiger partial charge in [-0.15, -0.1) is 9.60 Å². The first kappa shape index (κ1) is 9.85. The monoisotopic (exact) mass is 148 g/mol. The van der Waals surface area contributed by atoms with Crippen LogP contribution in [0.25, 0.3) is 0 Å². The number of rotatable bonds is 1. The Labute approximate surface area is 62.3 Å². The molecule has 3 heteroatoms. The van der Waals surface area contributed by atoms with E-state index in [4.69, 9.17) is 0 Å². The lowest BCUT2D eigenvalue weighted by Gasteiger charge is -2.04. The van der Waals surface area contributed by atoms with E-state index in [1.807, 2.05) is 20.9 Å². The quantitative estimate of drug-likeness (QED) is 0.562. The largest absolute Gasteiger partial charge is 0.316 e. The Kier molecular flexibility index (Phi) is 5.54. The van der Waals surface area contributed by atoms with E-state index in [0.717, 1.165) is 11.5 Å². The van der Waals surface area contributed by atoms with Crippen molar-refractivity contribution in [3.05, 3.63) is 0 Å². The molecule has 0 aromatic carbocycles. The van der Waals surface area contributed by atoms with Crippen LogP contribution in [0.2, 0.25) is 0 Å². The first-order valence-corrected chi connectivity index (χ1v) is 3.91. The molecule has 0 aromatic heterocycles. The van der Waals surface area contributed by atoms with Gasteiger partial charge >= 0.3 is 0 Å². The van der Waals surface area contributed by atoms with Gasteiger partial charge in [0.15, 0.2) is 0 Å². The van der Waals surface area contributed by atoms with Crippen LogP contribution in [0.15, 0.2) is 0 Å². The van der Waals surface area contributed by atoms with E-state index in [9.17, 15) is 4.48 Å². The van der Waals surface area contributed by atoms with Crippen LogP contribution >= 0.6 is 0 Å². The van der Waals surface area contributed by atoms with Crippen LogP contribution in [0.1, 0.15) is 20.3 Å². The maximum Gasteiger partial charge on any atom is 0.0444 e. The molecule has 0 spiro atoms. The van der Waals surface area contributed by atoms with Crippen LogP contribution in [-0.4, -0.2) is 31.3 Å². The van der Waals surface area contributed by atoms with Crippen LogP contribution < -0.4 is 5.32 Å². The summed E-state index contributed by atoms with van der Waals surface area (Å²) < 4.78 is 12.2. The van der Waals surface area contributed by atoms with Gasteiger partial charge in [-0.05, 0) is 13.5 Å². The van der Waals surface area contributed by atoms with Crippen molar-refractivity contribution in [1.82, 2.24) is 10.4 Å². The van der Waals surface area contributed by atoms with Crippen molar-refractivity contribution in [3.8, 4) is 0 Å². The standard InChI is InChI=1S/C5H11FN2.C2H6/c1-7-5-2-3-8(6)4-5;1-2/h5,7H,2-4H2,1H3;1-2H3. The van der Waals surface area contributed by atoms with Crippen molar-refractivity contribution in [2.24, 2.45) is 0 Å². The third kappa shape index (κ3) is 3.13. The molecule has 0 aliphatic carbocycles. The second-order valence-electron chi connectivity index (χ2n) is 2.14. The number of hydrogen-bond acceptors (Lipinski definition) is 2. The van der Waals surface area contributed by atoms with Gasteiger partial charge in [-0.3, -0.25) is 0 Å². The van der Waals surface area contributed by atoms with E-state index in [2.05, 4.69) is 5.32 Å². The zero-order valence-electron chi connectivity index (χ0n) is 7.02. The van der Waals surface area contributed by atoms with Gasteiger partial charge in [-0.2, -0.15) is 0 Å². The molecule has 1 rings (SSSR count). The fraction of sp³-hybridized carbons (Fsp3) is 1.00. The predicted molar refractivity (Wildman–Crippen MR) is 41.5 cm³/mol. The average Bonchev–Trinajstić information content (AvgIpc) is 2.40. The van der Waals surface area contributed by atoms with E-state index >= 15 is 0 Å². The molecular weight excluding hydrogens is 131 g/mol. The number of likely N-dealkylation sites (N-methyl/N-ethyl adjacent to an activating group) is 1. The van der Waals surface area contributed by atoms with Crippen LogP contribution in [0, 0.1) is 0 Å². The highest BCUT2D eigenvalue weighted by molar-refractivity contribution is 4.74. The number of hydrogen-bond donors (Lipinski definition) is 1. The second kappa shape index (κ2) is 5.62. The Hall–Kier alpha value is -0.150. The Morgan fingerprint density at radius 3 is 2.30 bits per heavy atom. The zero-order valence-corrected chi connectivity index (χ0v) is 7.02. The summed E-state index contributed by atoms with van der Waals surface area (Å²) in [5.74, 6) is 0. The smallest absolute Gasteiger partial charge is 0.0444 e. The van der Waals surface area contributed by atoms with Crippen molar-refractivity contribution in [2.75, 3.05) is 20.1 Å². The number of nitrogens with zero attached hydrogens (tertiary/aromatic N) is 1. The minimum atomic E-state index is 0.375. The molecule has 1 fully saturated rings. The van der Waals surface area contributed by atoms with Crippen LogP contribution in [-0.2, 0) is 0 Å². The molecule has 10 heavy (non-hydrogen) atoms. The molecular formula is C7H17FN2. The number of halogens is 1. The summed E-state index contributed by atoms with van der Waals surface area (Å²) in [5.41, 5.74) is 0. The first-order valence-electron chi connectivity index (χ1n) is 3.91. The molecule has 0 radical (unpaired) electrons. The Balaban J connectivity index is 0.000000371. The third-order valence-electron chi connectivity index (χ3n) is 1.55. The van der Waals surface area contributed by atoms with Gasteiger partial charge in [0.25, 0.3) is 0 Å². The molecule has 62 valence electrons. The van der Waals surface area contributed by atoms with Gasteiger partial charge in [0.2, 0.25) is 0 Å². The topological polar surface area (TPSA) is 15.3 Å². The molecule has 0 saturated carbocycles. The molecule has 1 N–H and O–H groups in total. The lowest BCUT2D eigenvalue weighted by molar-refractivity contribution is 0.0547. The molecule has 1 saturated heterocycles. The molecule has 2 nitrogen and oxygen atoms in total. The number of nitrogens with one attached hydrogen (secondary N) is 1. The highest BCUT2D eigenvalue weighted by Gasteiger charge is 2.19. The summed E-state index contributed by atoms with van der Waals surface area (Å²) in [7, 11) is 1.86. The Bertz CT molecular complexity index is 78.0. The first-order chi connectivity index (χ1) is 4.83. The van der Waals surface area contributed by atoms with Crippen molar-refractivity contribution in [2.45, 2.75) is 26.3 Å². The maximum atomic E-state index is 12.2.